The Bertz CT molecular complexity index is 749. The van der Waals surface area contributed by atoms with Gasteiger partial charge >= 0.3 is 0 Å². The second kappa shape index (κ2) is 5.74. The van der Waals surface area contributed by atoms with Crippen LogP contribution in [-0.2, 0) is 11.1 Å². The van der Waals surface area contributed by atoms with Gasteiger partial charge < -0.3 is 14.9 Å². The Morgan fingerprint density at radius 3 is 2.24 bits per heavy atom. The Labute approximate surface area is 155 Å². The highest BCUT2D eigenvalue weighted by Gasteiger charge is 2.49. The maximum atomic E-state index is 10.6. The number of hydrogen-bond acceptors (Lipinski definition) is 5. The summed E-state index contributed by atoms with van der Waals surface area (Å²) in [7, 11) is 0. The molecule has 0 radical (unpaired) electrons. The molecule has 1 aromatic heterocycles. The Morgan fingerprint density at radius 2 is 1.68 bits per heavy atom. The van der Waals surface area contributed by atoms with E-state index in [1.54, 1.807) is 0 Å². The van der Waals surface area contributed by atoms with E-state index in [0.717, 1.165) is 34.4 Å². The highest BCUT2D eigenvalue weighted by molar-refractivity contribution is 7.80. The first kappa shape index (κ1) is 18.8. The summed E-state index contributed by atoms with van der Waals surface area (Å²) in [6.45, 7) is 15.3. The SMILES string of the molecule is CC(C)(C)NCC(S)c1cc2cc3c(cc2o1)C(C)(C)N(O)C3(C)C. The molecule has 1 aromatic carbocycles. The maximum Gasteiger partial charge on any atom is 0.134 e. The number of benzene rings is 1. The molecule has 4 nitrogen and oxygen atoms in total. The molecule has 0 spiro atoms. The van der Waals surface area contributed by atoms with Gasteiger partial charge in [0.05, 0.1) is 16.3 Å². The lowest BCUT2D eigenvalue weighted by molar-refractivity contribution is -0.216. The average molecular weight is 363 g/mol. The number of hydrogen-bond donors (Lipinski definition) is 3. The first-order valence-electron chi connectivity index (χ1n) is 8.85. The highest BCUT2D eigenvalue weighted by Crippen LogP contribution is 2.49. The van der Waals surface area contributed by atoms with Gasteiger partial charge in [0, 0.05) is 17.5 Å². The smallest absolute Gasteiger partial charge is 0.134 e. The van der Waals surface area contributed by atoms with Crippen molar-refractivity contribution >= 4 is 23.6 Å². The molecule has 1 unspecified atom stereocenters. The Balaban J connectivity index is 1.99. The number of furan rings is 1. The molecule has 2 heterocycles. The average Bonchev–Trinajstić information content (AvgIpc) is 2.97. The van der Waals surface area contributed by atoms with Crippen molar-refractivity contribution in [3.8, 4) is 0 Å². The molecule has 25 heavy (non-hydrogen) atoms. The summed E-state index contributed by atoms with van der Waals surface area (Å²) in [6.07, 6.45) is 0. The van der Waals surface area contributed by atoms with Crippen molar-refractivity contribution in [2.75, 3.05) is 6.54 Å². The highest BCUT2D eigenvalue weighted by atomic mass is 32.1. The lowest BCUT2D eigenvalue weighted by Gasteiger charge is -2.34. The predicted octanol–water partition coefficient (Wildman–Crippen LogP) is 4.97. The molecule has 0 fully saturated rings. The van der Waals surface area contributed by atoms with Crippen molar-refractivity contribution in [1.82, 2.24) is 10.4 Å². The van der Waals surface area contributed by atoms with Crippen LogP contribution in [0, 0.1) is 0 Å². The van der Waals surface area contributed by atoms with Gasteiger partial charge in [0.1, 0.15) is 11.3 Å². The van der Waals surface area contributed by atoms with Gasteiger partial charge in [-0.05, 0) is 77.8 Å². The zero-order valence-corrected chi connectivity index (χ0v) is 17.2. The summed E-state index contributed by atoms with van der Waals surface area (Å²) in [4.78, 5) is 0. The third kappa shape index (κ3) is 3.12. The summed E-state index contributed by atoms with van der Waals surface area (Å²) in [5.74, 6) is 0.871. The van der Waals surface area contributed by atoms with Crippen LogP contribution in [0.25, 0.3) is 11.0 Å². The molecule has 1 aliphatic rings. The molecule has 3 rings (SSSR count). The van der Waals surface area contributed by atoms with E-state index in [1.165, 1.54) is 5.06 Å². The second-order valence-corrected chi connectivity index (χ2v) is 9.78. The van der Waals surface area contributed by atoms with Gasteiger partial charge in [0.15, 0.2) is 0 Å². The van der Waals surface area contributed by atoms with E-state index in [0.29, 0.717) is 0 Å². The van der Waals surface area contributed by atoms with Gasteiger partial charge in [0.2, 0.25) is 0 Å². The fraction of sp³-hybridized carbons (Fsp3) is 0.600. The molecular weight excluding hydrogens is 332 g/mol. The van der Waals surface area contributed by atoms with Crippen LogP contribution in [-0.4, -0.2) is 22.4 Å². The molecule has 0 bridgehead atoms. The maximum absolute atomic E-state index is 10.6. The number of hydroxylamine groups is 2. The number of nitrogens with one attached hydrogen (secondary N) is 1. The fourth-order valence-corrected chi connectivity index (χ4v) is 3.93. The minimum Gasteiger partial charge on any atom is -0.460 e. The van der Waals surface area contributed by atoms with Crippen molar-refractivity contribution in [2.45, 2.75) is 70.3 Å². The molecule has 0 saturated carbocycles. The van der Waals surface area contributed by atoms with Gasteiger partial charge in [-0.3, -0.25) is 0 Å². The topological polar surface area (TPSA) is 48.6 Å². The number of nitrogens with zero attached hydrogens (tertiary/aromatic N) is 1. The van der Waals surface area contributed by atoms with Crippen LogP contribution >= 0.6 is 12.6 Å². The van der Waals surface area contributed by atoms with Crippen molar-refractivity contribution in [3.05, 3.63) is 35.1 Å². The molecule has 0 aliphatic carbocycles. The first-order chi connectivity index (χ1) is 11.3. The van der Waals surface area contributed by atoms with Crippen LogP contribution < -0.4 is 5.32 Å². The van der Waals surface area contributed by atoms with E-state index >= 15 is 0 Å². The number of rotatable bonds is 3. The molecule has 0 saturated heterocycles. The zero-order chi connectivity index (χ0) is 18.8. The molecule has 0 amide bonds. The van der Waals surface area contributed by atoms with Crippen molar-refractivity contribution in [3.63, 3.8) is 0 Å². The van der Waals surface area contributed by atoms with Crippen LogP contribution in [0.4, 0.5) is 0 Å². The van der Waals surface area contributed by atoms with Crippen LogP contribution in [0.1, 0.15) is 70.6 Å². The molecule has 5 heteroatoms. The summed E-state index contributed by atoms with van der Waals surface area (Å²) in [6, 6.07) is 6.29. The summed E-state index contributed by atoms with van der Waals surface area (Å²) in [5, 5.41) is 16.6. The predicted molar refractivity (Wildman–Crippen MR) is 105 cm³/mol. The van der Waals surface area contributed by atoms with E-state index in [1.807, 2.05) is 27.7 Å². The van der Waals surface area contributed by atoms with Crippen molar-refractivity contribution in [2.24, 2.45) is 0 Å². The summed E-state index contributed by atoms with van der Waals surface area (Å²) in [5.41, 5.74) is 2.27. The van der Waals surface area contributed by atoms with Crippen molar-refractivity contribution in [1.29, 1.82) is 0 Å². The van der Waals surface area contributed by atoms with Crippen LogP contribution in [0.5, 0.6) is 0 Å². The third-order valence-corrected chi connectivity index (χ3v) is 5.64. The zero-order valence-electron chi connectivity index (χ0n) is 16.3. The van der Waals surface area contributed by atoms with Crippen LogP contribution in [0.2, 0.25) is 0 Å². The van der Waals surface area contributed by atoms with E-state index in [-0.39, 0.29) is 10.8 Å². The number of thiol groups is 1. The quantitative estimate of drug-likeness (QED) is 0.675. The van der Waals surface area contributed by atoms with Gasteiger partial charge in [-0.15, -0.1) is 0 Å². The molecule has 138 valence electrons. The van der Waals surface area contributed by atoms with E-state index in [4.69, 9.17) is 17.0 Å². The second-order valence-electron chi connectivity index (χ2n) is 9.16. The third-order valence-electron chi connectivity index (χ3n) is 5.21. The van der Waals surface area contributed by atoms with Crippen LogP contribution in [0.3, 0.4) is 0 Å². The van der Waals surface area contributed by atoms with Gasteiger partial charge in [-0.25, -0.2) is 0 Å². The van der Waals surface area contributed by atoms with Gasteiger partial charge in [-0.1, -0.05) is 0 Å². The Morgan fingerprint density at radius 1 is 1.12 bits per heavy atom. The number of fused-ring (bicyclic) bond motifs is 2. The largest absolute Gasteiger partial charge is 0.460 e. The minimum absolute atomic E-state index is 0.00294. The van der Waals surface area contributed by atoms with Crippen LogP contribution in [0.15, 0.2) is 22.6 Å². The van der Waals surface area contributed by atoms with Gasteiger partial charge in [0.25, 0.3) is 0 Å². The molecular formula is C20H30N2O2S. The van der Waals surface area contributed by atoms with E-state index in [9.17, 15) is 5.21 Å². The lowest BCUT2D eigenvalue weighted by Crippen LogP contribution is -2.42. The van der Waals surface area contributed by atoms with Crippen molar-refractivity contribution < 1.29 is 9.62 Å². The molecule has 2 N–H and O–H groups in total. The monoisotopic (exact) mass is 362 g/mol. The summed E-state index contributed by atoms with van der Waals surface area (Å²) >= 11 is 4.71. The van der Waals surface area contributed by atoms with E-state index in [2.05, 4.69) is 44.3 Å². The molecule has 1 atom stereocenters. The summed E-state index contributed by atoms with van der Waals surface area (Å²) < 4.78 is 6.10. The minimum atomic E-state index is -0.450. The standard InChI is InChI=1S/C20H30N2O2S/c1-18(2,3)21-11-17(25)16-9-12-8-13-14(10-15(12)24-16)20(6,7)22(23)19(13,4)5/h8-10,17,21,23,25H,11H2,1-7H3. The Hall–Kier alpha value is -1.01. The fourth-order valence-electron chi connectivity index (χ4n) is 3.71. The lowest BCUT2D eigenvalue weighted by atomic mass is 9.89. The molecule has 1 aliphatic heterocycles. The molecule has 2 aromatic rings. The Kier molecular flexibility index (Phi) is 4.31. The normalized spacial score (nSPS) is 20.8. The van der Waals surface area contributed by atoms with Gasteiger partial charge in [-0.2, -0.15) is 17.7 Å². The van der Waals surface area contributed by atoms with E-state index < -0.39 is 11.1 Å². The first-order valence-corrected chi connectivity index (χ1v) is 9.36.